The van der Waals surface area contributed by atoms with Crippen LogP contribution >= 0.6 is 0 Å². The number of sulfonamides is 1. The number of rotatable bonds is 7. The molecule has 0 saturated heterocycles. The monoisotopic (exact) mass is 434 g/mol. The number of amides is 1. The Labute approximate surface area is 179 Å². The van der Waals surface area contributed by atoms with E-state index < -0.39 is 10.0 Å². The van der Waals surface area contributed by atoms with Crippen molar-refractivity contribution in [3.8, 4) is 0 Å². The third-order valence-electron chi connectivity index (χ3n) is 5.93. The number of carbonyl (C=O) groups is 1. The second-order valence-corrected chi connectivity index (χ2v) is 11.4. The smallest absolute Gasteiger partial charge is 0.272 e. The van der Waals surface area contributed by atoms with Crippen molar-refractivity contribution in [1.82, 2.24) is 19.8 Å². The van der Waals surface area contributed by atoms with Crippen molar-refractivity contribution in [2.24, 2.45) is 11.3 Å². The van der Waals surface area contributed by atoms with Crippen LogP contribution in [0.5, 0.6) is 0 Å². The zero-order valence-corrected chi connectivity index (χ0v) is 19.3. The van der Waals surface area contributed by atoms with E-state index in [1.165, 1.54) is 32.1 Å². The summed E-state index contributed by atoms with van der Waals surface area (Å²) in [6, 6.07) is 7.45. The lowest BCUT2D eigenvalue weighted by Gasteiger charge is -2.31. The zero-order valence-electron chi connectivity index (χ0n) is 18.4. The number of nitrogens with zero attached hydrogens (tertiary/aromatic N) is 2. The van der Waals surface area contributed by atoms with E-state index in [-0.39, 0.29) is 23.9 Å². The van der Waals surface area contributed by atoms with E-state index in [1.54, 1.807) is 0 Å². The van der Waals surface area contributed by atoms with Crippen LogP contribution in [0.4, 0.5) is 0 Å². The van der Waals surface area contributed by atoms with Gasteiger partial charge in [-0.3, -0.25) is 9.48 Å². The molecule has 1 aliphatic rings. The van der Waals surface area contributed by atoms with Crippen molar-refractivity contribution >= 4 is 26.8 Å². The summed E-state index contributed by atoms with van der Waals surface area (Å²) >= 11 is 0. The Balaban J connectivity index is 1.84. The molecule has 1 atom stereocenters. The highest BCUT2D eigenvalue weighted by molar-refractivity contribution is 7.88. The minimum Gasteiger partial charge on any atom is -0.346 e. The van der Waals surface area contributed by atoms with Crippen molar-refractivity contribution in [1.29, 1.82) is 0 Å². The van der Waals surface area contributed by atoms with Crippen LogP contribution in [0.2, 0.25) is 0 Å². The molecule has 166 valence electrons. The van der Waals surface area contributed by atoms with Crippen LogP contribution in [0, 0.1) is 11.3 Å². The summed E-state index contributed by atoms with van der Waals surface area (Å²) in [5, 5.41) is 8.53. The summed E-state index contributed by atoms with van der Waals surface area (Å²) in [6.07, 6.45) is 7.36. The number of benzene rings is 1. The molecule has 2 N–H and O–H groups in total. The number of hydrogen-bond acceptors (Lipinski definition) is 4. The molecule has 0 aliphatic heterocycles. The van der Waals surface area contributed by atoms with Crippen LogP contribution < -0.4 is 10.0 Å². The first-order chi connectivity index (χ1) is 14.0. The SMILES string of the molecule is CC(C)(C)C(CNS(C)(=O)=O)NC(=O)c1nn(CC2CCCCC2)c2ccccc12. The predicted molar refractivity (Wildman–Crippen MR) is 120 cm³/mol. The Morgan fingerprint density at radius 3 is 2.50 bits per heavy atom. The summed E-state index contributed by atoms with van der Waals surface area (Å²) in [6.45, 7) is 6.88. The molecule has 1 amide bonds. The Morgan fingerprint density at radius 2 is 1.87 bits per heavy atom. The van der Waals surface area contributed by atoms with Crippen molar-refractivity contribution in [3.05, 3.63) is 30.0 Å². The lowest BCUT2D eigenvalue weighted by atomic mass is 9.86. The molecule has 30 heavy (non-hydrogen) atoms. The van der Waals surface area contributed by atoms with Crippen molar-refractivity contribution in [2.45, 2.75) is 65.5 Å². The topological polar surface area (TPSA) is 93.1 Å². The standard InChI is InChI=1S/C22H34N4O3S/c1-22(2,3)19(14-23-30(4,28)29)24-21(27)20-17-12-8-9-13-18(17)26(25-20)15-16-10-6-5-7-11-16/h8-9,12-13,16,19,23H,5-7,10-11,14-15H2,1-4H3,(H,24,27). The molecular formula is C22H34N4O3S. The van der Waals surface area contributed by atoms with Gasteiger partial charge in [-0.1, -0.05) is 58.2 Å². The maximum atomic E-state index is 13.2. The molecule has 0 bridgehead atoms. The fraction of sp³-hybridized carbons (Fsp3) is 0.636. The molecule has 1 saturated carbocycles. The van der Waals surface area contributed by atoms with Gasteiger partial charge in [-0.25, -0.2) is 13.1 Å². The number of nitrogens with one attached hydrogen (secondary N) is 2. The first-order valence-electron chi connectivity index (χ1n) is 10.8. The average Bonchev–Trinajstić information content (AvgIpc) is 3.03. The average molecular weight is 435 g/mol. The van der Waals surface area contributed by atoms with Crippen LogP contribution in [0.25, 0.3) is 10.9 Å². The van der Waals surface area contributed by atoms with Crippen LogP contribution in [0.3, 0.4) is 0 Å². The van der Waals surface area contributed by atoms with Gasteiger partial charge in [0.1, 0.15) is 0 Å². The molecule has 1 aromatic heterocycles. The Hall–Kier alpha value is -1.93. The Bertz CT molecular complexity index is 985. The number of carbonyl (C=O) groups excluding carboxylic acids is 1. The van der Waals surface area contributed by atoms with Gasteiger partial charge in [-0.15, -0.1) is 0 Å². The van der Waals surface area contributed by atoms with Gasteiger partial charge in [0.05, 0.1) is 11.8 Å². The van der Waals surface area contributed by atoms with Gasteiger partial charge in [0.15, 0.2) is 5.69 Å². The first kappa shape index (κ1) is 22.7. The Kier molecular flexibility index (Phi) is 6.87. The van der Waals surface area contributed by atoms with Gasteiger partial charge >= 0.3 is 0 Å². The summed E-state index contributed by atoms with van der Waals surface area (Å²) in [4.78, 5) is 13.2. The first-order valence-corrected chi connectivity index (χ1v) is 12.6. The van der Waals surface area contributed by atoms with Crippen LogP contribution in [-0.2, 0) is 16.6 Å². The minimum absolute atomic E-state index is 0.134. The molecular weight excluding hydrogens is 400 g/mol. The largest absolute Gasteiger partial charge is 0.346 e. The van der Waals surface area contributed by atoms with Gasteiger partial charge in [0.25, 0.3) is 5.91 Å². The minimum atomic E-state index is -3.35. The van der Waals surface area contributed by atoms with E-state index >= 15 is 0 Å². The molecule has 1 unspecified atom stereocenters. The molecule has 8 heteroatoms. The van der Waals surface area contributed by atoms with Gasteiger partial charge in [0, 0.05) is 24.5 Å². The molecule has 1 fully saturated rings. The van der Waals surface area contributed by atoms with Crippen molar-refractivity contribution in [2.75, 3.05) is 12.8 Å². The summed E-state index contributed by atoms with van der Waals surface area (Å²) < 4.78 is 27.6. The van der Waals surface area contributed by atoms with Crippen molar-refractivity contribution in [3.63, 3.8) is 0 Å². The van der Waals surface area contributed by atoms with Crippen LogP contribution in [0.15, 0.2) is 24.3 Å². The van der Waals surface area contributed by atoms with Crippen LogP contribution in [-0.4, -0.2) is 42.9 Å². The lowest BCUT2D eigenvalue weighted by molar-refractivity contribution is 0.0899. The molecule has 3 rings (SSSR count). The van der Waals surface area contributed by atoms with E-state index in [4.69, 9.17) is 5.10 Å². The zero-order chi connectivity index (χ0) is 21.9. The summed E-state index contributed by atoms with van der Waals surface area (Å²) in [5.74, 6) is 0.322. The molecule has 1 aliphatic carbocycles. The van der Waals surface area contributed by atoms with Crippen LogP contribution in [0.1, 0.15) is 63.4 Å². The lowest BCUT2D eigenvalue weighted by Crippen LogP contribution is -2.50. The maximum absolute atomic E-state index is 13.2. The number of para-hydroxylation sites is 1. The van der Waals surface area contributed by atoms with E-state index in [9.17, 15) is 13.2 Å². The van der Waals surface area contributed by atoms with Gasteiger partial charge in [-0.05, 0) is 30.2 Å². The number of fused-ring (bicyclic) bond motifs is 1. The molecule has 0 spiro atoms. The van der Waals surface area contributed by atoms with E-state index in [1.807, 2.05) is 49.7 Å². The highest BCUT2D eigenvalue weighted by Gasteiger charge is 2.29. The van der Waals surface area contributed by atoms with E-state index in [0.29, 0.717) is 11.6 Å². The fourth-order valence-electron chi connectivity index (χ4n) is 4.08. The highest BCUT2D eigenvalue weighted by atomic mass is 32.2. The van der Waals surface area contributed by atoms with E-state index in [0.717, 1.165) is 23.7 Å². The summed E-state index contributed by atoms with van der Waals surface area (Å²) in [5.41, 5.74) is 1.04. The second-order valence-electron chi connectivity index (χ2n) is 9.56. The van der Waals surface area contributed by atoms with Crippen molar-refractivity contribution < 1.29 is 13.2 Å². The second kappa shape index (κ2) is 9.06. The van der Waals surface area contributed by atoms with Gasteiger partial charge in [0.2, 0.25) is 10.0 Å². The number of aromatic nitrogens is 2. The van der Waals surface area contributed by atoms with E-state index in [2.05, 4.69) is 10.0 Å². The third-order valence-corrected chi connectivity index (χ3v) is 6.62. The molecule has 0 radical (unpaired) electrons. The van der Waals surface area contributed by atoms with Gasteiger partial charge in [-0.2, -0.15) is 5.10 Å². The molecule has 1 aromatic carbocycles. The molecule has 1 heterocycles. The highest BCUT2D eigenvalue weighted by Crippen LogP contribution is 2.27. The van der Waals surface area contributed by atoms with Gasteiger partial charge < -0.3 is 5.32 Å². The quantitative estimate of drug-likeness (QED) is 0.699. The Morgan fingerprint density at radius 1 is 1.20 bits per heavy atom. The predicted octanol–water partition coefficient (Wildman–Crippen LogP) is 3.31. The normalized spacial score (nSPS) is 17.2. The fourth-order valence-corrected chi connectivity index (χ4v) is 4.55. The molecule has 7 nitrogen and oxygen atoms in total. The molecule has 2 aromatic rings. The third kappa shape index (κ3) is 5.82. The number of hydrogen-bond donors (Lipinski definition) is 2. The summed E-state index contributed by atoms with van der Waals surface area (Å²) in [7, 11) is -3.35. The maximum Gasteiger partial charge on any atom is 0.272 e.